The van der Waals surface area contributed by atoms with Crippen molar-refractivity contribution in [1.29, 1.82) is 0 Å². The molecule has 1 heterocycles. The summed E-state index contributed by atoms with van der Waals surface area (Å²) < 4.78 is 31.8. The van der Waals surface area contributed by atoms with Gasteiger partial charge in [-0.25, -0.2) is 13.4 Å². The first-order valence-electron chi connectivity index (χ1n) is 9.81. The summed E-state index contributed by atoms with van der Waals surface area (Å²) in [5, 5.41) is 6.98. The number of sulfonamides is 1. The number of nitrogens with one attached hydrogen (secondary N) is 4. The lowest BCUT2D eigenvalue weighted by Crippen LogP contribution is -2.29. The summed E-state index contributed by atoms with van der Waals surface area (Å²) in [7, 11) is -2.23. The Balaban J connectivity index is 1.42. The van der Waals surface area contributed by atoms with Crippen LogP contribution in [0.1, 0.15) is 5.56 Å². The molecule has 1 aromatic heterocycles. The van der Waals surface area contributed by atoms with Gasteiger partial charge in [0.1, 0.15) is 5.75 Å². The maximum absolute atomic E-state index is 12.7. The molecule has 0 unspecified atom stereocenters. The van der Waals surface area contributed by atoms with Gasteiger partial charge in [0.15, 0.2) is 10.2 Å². The number of hydrogen-bond donors (Lipinski definition) is 4. The van der Waals surface area contributed by atoms with E-state index in [-0.39, 0.29) is 4.90 Å². The molecule has 4 rings (SSSR count). The molecule has 170 valence electrons. The van der Waals surface area contributed by atoms with Gasteiger partial charge in [-0.15, -0.1) is 4.83 Å². The zero-order valence-electron chi connectivity index (χ0n) is 17.7. The molecule has 0 atom stereocenters. The SMILES string of the molecule is COc1ccccc1NC(=S)Nc1ccc(S(=O)(=O)NNc2nc3ccccc3s2)cc1C. The Morgan fingerprint density at radius 1 is 1.00 bits per heavy atom. The van der Waals surface area contributed by atoms with Crippen LogP contribution in [0.15, 0.2) is 71.6 Å². The highest BCUT2D eigenvalue weighted by molar-refractivity contribution is 7.89. The first kappa shape index (κ1) is 22.9. The third-order valence-corrected chi connectivity index (χ3v) is 7.10. The number of aromatic nitrogens is 1. The Morgan fingerprint density at radius 3 is 2.48 bits per heavy atom. The maximum atomic E-state index is 12.7. The molecule has 0 aliphatic carbocycles. The molecule has 0 radical (unpaired) electrons. The molecule has 0 bridgehead atoms. The molecule has 0 aliphatic rings. The van der Waals surface area contributed by atoms with E-state index < -0.39 is 10.0 Å². The van der Waals surface area contributed by atoms with Crippen LogP contribution in [-0.2, 0) is 10.0 Å². The van der Waals surface area contributed by atoms with Gasteiger partial charge in [0.05, 0.1) is 27.9 Å². The largest absolute Gasteiger partial charge is 0.495 e. The van der Waals surface area contributed by atoms with Crippen LogP contribution < -0.4 is 25.6 Å². The van der Waals surface area contributed by atoms with Gasteiger partial charge in [0.25, 0.3) is 10.0 Å². The first-order chi connectivity index (χ1) is 15.9. The van der Waals surface area contributed by atoms with Crippen LogP contribution >= 0.6 is 23.6 Å². The Labute approximate surface area is 201 Å². The smallest absolute Gasteiger partial charge is 0.257 e. The summed E-state index contributed by atoms with van der Waals surface area (Å²) in [5.74, 6) is 0.659. The number of nitrogens with zero attached hydrogens (tertiary/aromatic N) is 1. The van der Waals surface area contributed by atoms with Crippen LogP contribution in [-0.4, -0.2) is 25.6 Å². The molecule has 33 heavy (non-hydrogen) atoms. The summed E-state index contributed by atoms with van der Waals surface area (Å²) in [6.07, 6.45) is 0. The van der Waals surface area contributed by atoms with Crippen molar-refractivity contribution in [3.8, 4) is 5.75 Å². The average molecular weight is 500 g/mol. The zero-order valence-corrected chi connectivity index (χ0v) is 20.2. The minimum absolute atomic E-state index is 0.114. The van der Waals surface area contributed by atoms with Crippen molar-refractivity contribution in [2.75, 3.05) is 23.2 Å². The third-order valence-electron chi connectivity index (χ3n) is 4.70. The van der Waals surface area contributed by atoms with E-state index in [4.69, 9.17) is 17.0 Å². The molecular formula is C22H21N5O3S3. The van der Waals surface area contributed by atoms with Crippen LogP contribution in [0.4, 0.5) is 16.5 Å². The average Bonchev–Trinajstić information content (AvgIpc) is 3.22. The molecule has 4 aromatic rings. The number of anilines is 3. The molecule has 3 aromatic carbocycles. The lowest BCUT2D eigenvalue weighted by Gasteiger charge is -2.15. The molecular weight excluding hydrogens is 478 g/mol. The fourth-order valence-electron chi connectivity index (χ4n) is 3.06. The number of benzene rings is 3. The topological polar surface area (TPSA) is 104 Å². The number of thiocarbonyl (C=S) groups is 1. The van der Waals surface area contributed by atoms with E-state index >= 15 is 0 Å². The van der Waals surface area contributed by atoms with Crippen molar-refractivity contribution < 1.29 is 13.2 Å². The summed E-state index contributed by atoms with van der Waals surface area (Å²) in [6.45, 7) is 1.80. The molecule has 0 spiro atoms. The summed E-state index contributed by atoms with van der Waals surface area (Å²) >= 11 is 6.75. The van der Waals surface area contributed by atoms with Gasteiger partial charge in [-0.2, -0.15) is 0 Å². The first-order valence-corrected chi connectivity index (χ1v) is 12.5. The van der Waals surface area contributed by atoms with E-state index in [2.05, 4.69) is 25.9 Å². The summed E-state index contributed by atoms with van der Waals surface area (Å²) in [5.41, 5.74) is 5.60. The Hall–Kier alpha value is -3.25. The van der Waals surface area contributed by atoms with E-state index in [0.717, 1.165) is 15.9 Å². The van der Waals surface area contributed by atoms with Crippen molar-refractivity contribution in [3.63, 3.8) is 0 Å². The van der Waals surface area contributed by atoms with Gasteiger partial charge >= 0.3 is 0 Å². The van der Waals surface area contributed by atoms with Gasteiger partial charge in [-0.3, -0.25) is 5.43 Å². The van der Waals surface area contributed by atoms with Crippen LogP contribution in [0.2, 0.25) is 0 Å². The minimum Gasteiger partial charge on any atom is -0.495 e. The molecule has 0 saturated carbocycles. The maximum Gasteiger partial charge on any atom is 0.257 e. The minimum atomic E-state index is -3.81. The summed E-state index contributed by atoms with van der Waals surface area (Å²) in [4.78, 5) is 6.86. The van der Waals surface area contributed by atoms with Gasteiger partial charge in [-0.1, -0.05) is 35.6 Å². The number of fused-ring (bicyclic) bond motifs is 1. The fourth-order valence-corrected chi connectivity index (χ4v) is 5.09. The van der Waals surface area contributed by atoms with Crippen molar-refractivity contribution >= 4 is 65.4 Å². The summed E-state index contributed by atoms with van der Waals surface area (Å²) in [6, 6.07) is 19.7. The van der Waals surface area contributed by atoms with Gasteiger partial charge < -0.3 is 15.4 Å². The van der Waals surface area contributed by atoms with Gasteiger partial charge in [-0.05, 0) is 67.2 Å². The van der Waals surface area contributed by atoms with Gasteiger partial charge in [0, 0.05) is 5.69 Å². The molecule has 0 saturated heterocycles. The molecule has 8 nitrogen and oxygen atoms in total. The lowest BCUT2D eigenvalue weighted by atomic mass is 10.2. The molecule has 0 amide bonds. The standard InChI is InChI=1S/C22H21N5O3S3/c1-14-13-15(33(28,29)27-26-22-25-18-8-4-6-10-20(18)32-22)11-12-16(14)23-21(31)24-17-7-3-5-9-19(17)30-2/h3-13,27H,1-2H3,(H,25,26)(H2,23,24,31). The Morgan fingerprint density at radius 2 is 1.73 bits per heavy atom. The number of ether oxygens (including phenoxy) is 1. The predicted molar refractivity (Wildman–Crippen MR) is 138 cm³/mol. The normalized spacial score (nSPS) is 11.2. The second-order valence-corrected chi connectivity index (χ2v) is 10.1. The van der Waals surface area contributed by atoms with E-state index in [0.29, 0.717) is 27.2 Å². The zero-order chi connectivity index (χ0) is 23.4. The second kappa shape index (κ2) is 9.71. The predicted octanol–water partition coefficient (Wildman–Crippen LogP) is 4.73. The molecule has 4 N–H and O–H groups in total. The fraction of sp³-hybridized carbons (Fsp3) is 0.0909. The van der Waals surface area contributed by atoms with E-state index in [1.807, 2.05) is 48.5 Å². The number of aryl methyl sites for hydroxylation is 1. The highest BCUT2D eigenvalue weighted by atomic mass is 32.2. The number of thiazole rings is 1. The van der Waals surface area contributed by atoms with Crippen LogP contribution in [0.25, 0.3) is 10.2 Å². The number of methoxy groups -OCH3 is 1. The van der Waals surface area contributed by atoms with Crippen molar-refractivity contribution in [3.05, 3.63) is 72.3 Å². The third kappa shape index (κ3) is 5.40. The molecule has 0 fully saturated rings. The Bertz CT molecular complexity index is 1390. The van der Waals surface area contributed by atoms with Gasteiger partial charge in [0.2, 0.25) is 0 Å². The second-order valence-electron chi connectivity index (χ2n) is 6.97. The van der Waals surface area contributed by atoms with Crippen molar-refractivity contribution in [2.24, 2.45) is 0 Å². The highest BCUT2D eigenvalue weighted by Crippen LogP contribution is 2.26. The molecule has 0 aliphatic heterocycles. The molecule has 11 heteroatoms. The Kier molecular flexibility index (Phi) is 6.75. The number of para-hydroxylation sites is 3. The van der Waals surface area contributed by atoms with Crippen LogP contribution in [0.3, 0.4) is 0 Å². The monoisotopic (exact) mass is 499 g/mol. The van der Waals surface area contributed by atoms with E-state index in [1.54, 1.807) is 26.2 Å². The van der Waals surface area contributed by atoms with Crippen LogP contribution in [0, 0.1) is 6.92 Å². The number of hydrogen-bond acceptors (Lipinski definition) is 7. The van der Waals surface area contributed by atoms with Crippen molar-refractivity contribution in [1.82, 2.24) is 9.82 Å². The number of rotatable bonds is 7. The quantitative estimate of drug-likeness (QED) is 0.214. The lowest BCUT2D eigenvalue weighted by molar-refractivity contribution is 0.417. The van der Waals surface area contributed by atoms with Crippen molar-refractivity contribution in [2.45, 2.75) is 11.8 Å². The van der Waals surface area contributed by atoms with E-state index in [9.17, 15) is 8.42 Å². The number of hydrazine groups is 1. The van der Waals surface area contributed by atoms with Crippen LogP contribution in [0.5, 0.6) is 5.75 Å². The van der Waals surface area contributed by atoms with E-state index in [1.165, 1.54) is 17.4 Å². The highest BCUT2D eigenvalue weighted by Gasteiger charge is 2.16.